The molecule has 1 fully saturated rings. The highest BCUT2D eigenvalue weighted by molar-refractivity contribution is 6.42. The standard InChI is InChI=1S/C13H17Cl2N/c1-2-9-6-7-16-12(8-9)10-4-3-5-11(14)13(10)15/h3-5,9,12,16H,2,6-8H2,1H3. The van der Waals surface area contributed by atoms with Crippen molar-refractivity contribution in [3.05, 3.63) is 33.8 Å². The average molecular weight is 258 g/mol. The number of halogens is 2. The first-order chi connectivity index (χ1) is 7.72. The van der Waals surface area contributed by atoms with Crippen molar-refractivity contribution in [2.45, 2.75) is 32.2 Å². The van der Waals surface area contributed by atoms with Gasteiger partial charge in [0.05, 0.1) is 10.0 Å². The lowest BCUT2D eigenvalue weighted by Gasteiger charge is -2.30. The number of piperidine rings is 1. The molecule has 1 aliphatic heterocycles. The molecule has 0 saturated carbocycles. The molecular weight excluding hydrogens is 241 g/mol. The fraction of sp³-hybridized carbons (Fsp3) is 0.538. The van der Waals surface area contributed by atoms with Gasteiger partial charge in [-0.15, -0.1) is 0 Å². The Hall–Kier alpha value is -0.240. The van der Waals surface area contributed by atoms with Crippen molar-refractivity contribution < 1.29 is 0 Å². The van der Waals surface area contributed by atoms with E-state index in [1.807, 2.05) is 12.1 Å². The zero-order valence-electron chi connectivity index (χ0n) is 9.47. The van der Waals surface area contributed by atoms with E-state index in [1.54, 1.807) is 0 Å². The first-order valence-corrected chi connectivity index (χ1v) is 6.65. The second kappa shape index (κ2) is 5.39. The van der Waals surface area contributed by atoms with E-state index in [-0.39, 0.29) is 0 Å². The SMILES string of the molecule is CCC1CCNC(c2cccc(Cl)c2Cl)C1. The molecule has 1 aromatic rings. The van der Waals surface area contributed by atoms with Crippen molar-refractivity contribution >= 4 is 23.2 Å². The van der Waals surface area contributed by atoms with Crippen LogP contribution in [0.15, 0.2) is 18.2 Å². The van der Waals surface area contributed by atoms with Crippen LogP contribution in [0.5, 0.6) is 0 Å². The van der Waals surface area contributed by atoms with Crippen molar-refractivity contribution in [2.24, 2.45) is 5.92 Å². The summed E-state index contributed by atoms with van der Waals surface area (Å²) in [6.45, 7) is 3.33. The van der Waals surface area contributed by atoms with Crippen LogP contribution in [0.25, 0.3) is 0 Å². The second-order valence-electron chi connectivity index (χ2n) is 4.45. The fourth-order valence-corrected chi connectivity index (χ4v) is 2.83. The van der Waals surface area contributed by atoms with Gasteiger partial charge in [0.25, 0.3) is 0 Å². The van der Waals surface area contributed by atoms with Crippen LogP contribution in [0, 0.1) is 5.92 Å². The molecule has 1 aliphatic rings. The number of hydrogen-bond donors (Lipinski definition) is 1. The predicted octanol–water partition coefficient (Wildman–Crippen LogP) is 4.44. The molecule has 2 unspecified atom stereocenters. The molecule has 1 N–H and O–H groups in total. The van der Waals surface area contributed by atoms with Gasteiger partial charge in [-0.1, -0.05) is 48.7 Å². The molecule has 0 aromatic heterocycles. The summed E-state index contributed by atoms with van der Waals surface area (Å²) in [4.78, 5) is 0. The van der Waals surface area contributed by atoms with E-state index >= 15 is 0 Å². The van der Waals surface area contributed by atoms with Crippen LogP contribution in [0.1, 0.15) is 37.8 Å². The minimum Gasteiger partial charge on any atom is -0.310 e. The molecule has 0 amide bonds. The maximum atomic E-state index is 6.25. The Balaban J connectivity index is 2.20. The molecule has 0 bridgehead atoms. The highest BCUT2D eigenvalue weighted by atomic mass is 35.5. The van der Waals surface area contributed by atoms with Crippen molar-refractivity contribution in [1.82, 2.24) is 5.32 Å². The maximum Gasteiger partial charge on any atom is 0.0640 e. The summed E-state index contributed by atoms with van der Waals surface area (Å²) in [5, 5.41) is 4.88. The Morgan fingerprint density at radius 3 is 2.94 bits per heavy atom. The lowest BCUT2D eigenvalue weighted by molar-refractivity contribution is 0.299. The van der Waals surface area contributed by atoms with Gasteiger partial charge in [0.15, 0.2) is 0 Å². The molecule has 16 heavy (non-hydrogen) atoms. The van der Waals surface area contributed by atoms with E-state index in [1.165, 1.54) is 12.8 Å². The number of benzene rings is 1. The third kappa shape index (κ3) is 2.53. The number of rotatable bonds is 2. The zero-order valence-corrected chi connectivity index (χ0v) is 11.0. The van der Waals surface area contributed by atoms with E-state index in [2.05, 4.69) is 18.3 Å². The highest BCUT2D eigenvalue weighted by Gasteiger charge is 2.23. The molecular formula is C13H17Cl2N. The molecule has 2 rings (SSSR count). The van der Waals surface area contributed by atoms with Gasteiger partial charge in [-0.3, -0.25) is 0 Å². The summed E-state index contributed by atoms with van der Waals surface area (Å²) in [5.41, 5.74) is 1.15. The molecule has 1 aromatic carbocycles. The largest absolute Gasteiger partial charge is 0.310 e. The normalized spacial score (nSPS) is 25.7. The van der Waals surface area contributed by atoms with Gasteiger partial charge in [-0.2, -0.15) is 0 Å². The first kappa shape index (κ1) is 12.2. The summed E-state index contributed by atoms with van der Waals surface area (Å²) in [6.07, 6.45) is 3.68. The van der Waals surface area contributed by atoms with Crippen molar-refractivity contribution in [3.63, 3.8) is 0 Å². The Morgan fingerprint density at radius 2 is 2.19 bits per heavy atom. The van der Waals surface area contributed by atoms with Crippen LogP contribution in [0.3, 0.4) is 0 Å². The van der Waals surface area contributed by atoms with Crippen LogP contribution in [0.4, 0.5) is 0 Å². The summed E-state index contributed by atoms with van der Waals surface area (Å²) < 4.78 is 0. The van der Waals surface area contributed by atoms with Gasteiger partial charge in [-0.25, -0.2) is 0 Å². The topological polar surface area (TPSA) is 12.0 Å². The lowest BCUT2D eigenvalue weighted by atomic mass is 9.87. The summed E-state index contributed by atoms with van der Waals surface area (Å²) >= 11 is 12.3. The van der Waals surface area contributed by atoms with Crippen molar-refractivity contribution in [1.29, 1.82) is 0 Å². The van der Waals surface area contributed by atoms with E-state index in [0.717, 1.165) is 24.4 Å². The Morgan fingerprint density at radius 1 is 1.38 bits per heavy atom. The molecule has 1 nitrogen and oxygen atoms in total. The van der Waals surface area contributed by atoms with Crippen LogP contribution < -0.4 is 5.32 Å². The minimum absolute atomic E-state index is 0.366. The average Bonchev–Trinajstić information content (AvgIpc) is 2.33. The third-order valence-corrected chi connectivity index (χ3v) is 4.28. The number of hydrogen-bond acceptors (Lipinski definition) is 1. The highest BCUT2D eigenvalue weighted by Crippen LogP contribution is 2.35. The van der Waals surface area contributed by atoms with Gasteiger partial charge in [0.2, 0.25) is 0 Å². The Bertz CT molecular complexity index is 365. The molecule has 0 spiro atoms. The van der Waals surface area contributed by atoms with E-state index < -0.39 is 0 Å². The van der Waals surface area contributed by atoms with Crippen LogP contribution in [-0.2, 0) is 0 Å². The molecule has 88 valence electrons. The monoisotopic (exact) mass is 257 g/mol. The van der Waals surface area contributed by atoms with Crippen LogP contribution in [-0.4, -0.2) is 6.54 Å². The Kier molecular flexibility index (Phi) is 4.12. The molecule has 0 aliphatic carbocycles. The molecule has 1 saturated heterocycles. The number of nitrogens with one attached hydrogen (secondary N) is 1. The van der Waals surface area contributed by atoms with Crippen LogP contribution in [0.2, 0.25) is 10.0 Å². The quantitative estimate of drug-likeness (QED) is 0.826. The molecule has 0 radical (unpaired) electrons. The summed E-state index contributed by atoms with van der Waals surface area (Å²) in [7, 11) is 0. The van der Waals surface area contributed by atoms with Gasteiger partial charge >= 0.3 is 0 Å². The second-order valence-corrected chi connectivity index (χ2v) is 5.23. The fourth-order valence-electron chi connectivity index (χ4n) is 2.39. The van der Waals surface area contributed by atoms with E-state index in [0.29, 0.717) is 16.1 Å². The van der Waals surface area contributed by atoms with E-state index in [9.17, 15) is 0 Å². The van der Waals surface area contributed by atoms with Gasteiger partial charge in [-0.05, 0) is 36.9 Å². The first-order valence-electron chi connectivity index (χ1n) is 5.89. The maximum absolute atomic E-state index is 6.25. The minimum atomic E-state index is 0.366. The smallest absolute Gasteiger partial charge is 0.0640 e. The van der Waals surface area contributed by atoms with E-state index in [4.69, 9.17) is 23.2 Å². The van der Waals surface area contributed by atoms with Gasteiger partial charge in [0, 0.05) is 6.04 Å². The van der Waals surface area contributed by atoms with Gasteiger partial charge in [0.1, 0.15) is 0 Å². The van der Waals surface area contributed by atoms with Crippen molar-refractivity contribution in [3.8, 4) is 0 Å². The predicted molar refractivity (Wildman–Crippen MR) is 70.2 cm³/mol. The summed E-state index contributed by atoms with van der Waals surface area (Å²) in [5.74, 6) is 0.807. The molecule has 1 heterocycles. The Labute approximate surface area is 107 Å². The van der Waals surface area contributed by atoms with Crippen LogP contribution >= 0.6 is 23.2 Å². The summed E-state index contributed by atoms with van der Waals surface area (Å²) in [6, 6.07) is 6.25. The zero-order chi connectivity index (χ0) is 11.5. The molecule has 2 atom stereocenters. The van der Waals surface area contributed by atoms with Gasteiger partial charge < -0.3 is 5.32 Å². The molecule has 3 heteroatoms. The lowest BCUT2D eigenvalue weighted by Crippen LogP contribution is -2.31. The third-order valence-electron chi connectivity index (χ3n) is 3.45. The van der Waals surface area contributed by atoms with Crippen molar-refractivity contribution in [2.75, 3.05) is 6.54 Å².